The predicted octanol–water partition coefficient (Wildman–Crippen LogP) is 1.48. The number of hydrogen-bond acceptors (Lipinski definition) is 3. The summed E-state index contributed by atoms with van der Waals surface area (Å²) in [6.07, 6.45) is 6.53. The summed E-state index contributed by atoms with van der Waals surface area (Å²) in [5, 5.41) is 1.14. The van der Waals surface area contributed by atoms with Crippen LogP contribution in [0.3, 0.4) is 0 Å². The molecule has 0 aliphatic heterocycles. The number of hydrogen-bond donors (Lipinski definition) is 0. The summed E-state index contributed by atoms with van der Waals surface area (Å²) in [6, 6.07) is 0. The van der Waals surface area contributed by atoms with Crippen LogP contribution in [0.1, 0.15) is 19.5 Å². The van der Waals surface area contributed by atoms with E-state index in [1.54, 1.807) is 19.5 Å². The molecule has 0 aliphatic carbocycles. The summed E-state index contributed by atoms with van der Waals surface area (Å²) >= 11 is 0. The number of hydroxylamine groups is 2. The third-order valence-electron chi connectivity index (χ3n) is 1.71. The Labute approximate surface area is 96.3 Å². The van der Waals surface area contributed by atoms with Crippen molar-refractivity contribution in [1.29, 1.82) is 0 Å². The van der Waals surface area contributed by atoms with E-state index in [1.807, 2.05) is 31.7 Å². The molecule has 0 bridgehead atoms. The minimum atomic E-state index is -0.224. The zero-order valence-electron chi connectivity index (χ0n) is 10.5. The zero-order valence-corrected chi connectivity index (χ0v) is 10.5. The number of likely N-dealkylation sites (N-methyl/N-ethyl adjacent to an activating group) is 1. The third kappa shape index (κ3) is 4.75. The Morgan fingerprint density at radius 1 is 1.56 bits per heavy atom. The average Bonchev–Trinajstić information content (AvgIpc) is 2.73. The van der Waals surface area contributed by atoms with Gasteiger partial charge in [0.2, 0.25) is 0 Å². The summed E-state index contributed by atoms with van der Waals surface area (Å²) in [6.45, 7) is 4.00. The Bertz CT molecular complexity index is 345. The number of amides is 1. The number of rotatable bonds is 3. The van der Waals surface area contributed by atoms with Gasteiger partial charge in [0.25, 0.3) is 5.91 Å². The molecule has 0 saturated carbocycles. The summed E-state index contributed by atoms with van der Waals surface area (Å²) < 4.78 is 1.81. The zero-order chi connectivity index (χ0) is 12.6. The average molecular weight is 225 g/mol. The van der Waals surface area contributed by atoms with Crippen molar-refractivity contribution >= 4 is 12.0 Å². The Morgan fingerprint density at radius 2 is 2.19 bits per heavy atom. The first kappa shape index (κ1) is 14.4. The van der Waals surface area contributed by atoms with Gasteiger partial charge in [-0.3, -0.25) is 9.63 Å². The maximum atomic E-state index is 11.2. The predicted molar refractivity (Wildman–Crippen MR) is 63.4 cm³/mol. The molecular weight excluding hydrogens is 206 g/mol. The van der Waals surface area contributed by atoms with Crippen molar-refractivity contribution in [3.63, 3.8) is 0 Å². The highest BCUT2D eigenvalue weighted by Gasteiger charge is 2.02. The maximum absolute atomic E-state index is 11.2. The highest BCUT2D eigenvalue weighted by atomic mass is 16.7. The van der Waals surface area contributed by atoms with Gasteiger partial charge in [0, 0.05) is 26.4 Å². The van der Waals surface area contributed by atoms with Gasteiger partial charge in [0.1, 0.15) is 0 Å². The smallest absolute Gasteiger partial charge is 0.269 e. The van der Waals surface area contributed by atoms with Crippen molar-refractivity contribution < 1.29 is 9.63 Å². The number of aromatic nitrogens is 2. The van der Waals surface area contributed by atoms with Crippen molar-refractivity contribution in [3.05, 3.63) is 24.3 Å². The second kappa shape index (κ2) is 7.64. The number of aryl methyl sites for hydroxylation is 1. The number of carbonyl (C=O) groups excluding carboxylic acids is 1. The lowest BCUT2D eigenvalue weighted by Gasteiger charge is -2.09. The molecule has 16 heavy (non-hydrogen) atoms. The molecule has 1 amide bonds. The maximum Gasteiger partial charge on any atom is 0.269 e. The molecule has 5 nitrogen and oxygen atoms in total. The van der Waals surface area contributed by atoms with Crippen LogP contribution in [0.15, 0.2) is 18.6 Å². The molecule has 0 atom stereocenters. The molecule has 0 radical (unpaired) electrons. The number of carbonyl (C=O) groups is 1. The van der Waals surface area contributed by atoms with Crippen molar-refractivity contribution in [3.8, 4) is 0 Å². The molecule has 5 heteroatoms. The quantitative estimate of drug-likeness (QED) is 0.578. The molecular formula is C11H19N3O2. The Balaban J connectivity index is 0.00000106. The van der Waals surface area contributed by atoms with Gasteiger partial charge in [-0.25, -0.2) is 10.0 Å². The molecule has 0 N–H and O–H groups in total. The highest BCUT2D eigenvalue weighted by Crippen LogP contribution is 1.98. The number of nitrogens with zero attached hydrogens (tertiary/aromatic N) is 3. The van der Waals surface area contributed by atoms with Crippen LogP contribution in [0.5, 0.6) is 0 Å². The van der Waals surface area contributed by atoms with E-state index in [4.69, 9.17) is 4.84 Å². The van der Waals surface area contributed by atoms with Gasteiger partial charge < -0.3 is 4.57 Å². The summed E-state index contributed by atoms with van der Waals surface area (Å²) in [5.41, 5.74) is 0.741. The van der Waals surface area contributed by atoms with Crippen LogP contribution in [0.25, 0.3) is 6.08 Å². The first-order valence-electron chi connectivity index (χ1n) is 5.11. The third-order valence-corrected chi connectivity index (χ3v) is 1.71. The second-order valence-corrected chi connectivity index (χ2v) is 2.82. The normalized spacial score (nSPS) is 9.81. The van der Waals surface area contributed by atoms with Crippen LogP contribution in [-0.2, 0) is 16.7 Å². The van der Waals surface area contributed by atoms with Crippen molar-refractivity contribution in [2.45, 2.75) is 13.8 Å². The SMILES string of the molecule is CC.CON(C)C(=O)/C=C/c1cn(C)cn1. The van der Waals surface area contributed by atoms with Crippen LogP contribution >= 0.6 is 0 Å². The van der Waals surface area contributed by atoms with Gasteiger partial charge in [0.15, 0.2) is 0 Å². The molecule has 1 aromatic heterocycles. The van der Waals surface area contributed by atoms with Gasteiger partial charge >= 0.3 is 0 Å². The molecule has 90 valence electrons. The van der Waals surface area contributed by atoms with Crippen LogP contribution < -0.4 is 0 Å². The lowest BCUT2D eigenvalue weighted by atomic mass is 10.4. The van der Waals surface area contributed by atoms with Crippen molar-refractivity contribution in [2.75, 3.05) is 14.2 Å². The minimum Gasteiger partial charge on any atom is -0.340 e. The van der Waals surface area contributed by atoms with Crippen molar-refractivity contribution in [2.24, 2.45) is 7.05 Å². The Hall–Kier alpha value is -1.62. The van der Waals surface area contributed by atoms with E-state index in [0.717, 1.165) is 10.8 Å². The van der Waals surface area contributed by atoms with Crippen molar-refractivity contribution in [1.82, 2.24) is 14.6 Å². The Kier molecular flexibility index (Phi) is 6.87. The van der Waals surface area contributed by atoms with E-state index >= 15 is 0 Å². The molecule has 1 rings (SSSR count). The fourth-order valence-corrected chi connectivity index (χ4v) is 0.871. The van der Waals surface area contributed by atoms with Crippen LogP contribution in [0.2, 0.25) is 0 Å². The monoisotopic (exact) mass is 225 g/mol. The lowest BCUT2D eigenvalue weighted by Crippen LogP contribution is -2.22. The van der Waals surface area contributed by atoms with Crippen LogP contribution in [0.4, 0.5) is 0 Å². The van der Waals surface area contributed by atoms with E-state index in [2.05, 4.69) is 4.98 Å². The molecule has 0 aromatic carbocycles. The molecule has 0 fully saturated rings. The fraction of sp³-hybridized carbons (Fsp3) is 0.455. The largest absolute Gasteiger partial charge is 0.340 e. The molecule has 0 saturated heterocycles. The summed E-state index contributed by atoms with van der Waals surface area (Å²) in [7, 11) is 4.85. The molecule has 0 unspecified atom stereocenters. The molecule has 1 heterocycles. The summed E-state index contributed by atoms with van der Waals surface area (Å²) in [5.74, 6) is -0.224. The van der Waals surface area contributed by atoms with E-state index in [1.165, 1.54) is 13.2 Å². The fourth-order valence-electron chi connectivity index (χ4n) is 0.871. The standard InChI is InChI=1S/C9H13N3O2.C2H6/c1-11-6-8(10-7-11)4-5-9(13)12(2)14-3;1-2/h4-7H,1-3H3;1-2H3/b5-4+;. The second-order valence-electron chi connectivity index (χ2n) is 2.82. The van der Waals surface area contributed by atoms with E-state index in [0.29, 0.717) is 0 Å². The van der Waals surface area contributed by atoms with Gasteiger partial charge in [-0.05, 0) is 6.08 Å². The first-order chi connectivity index (χ1) is 7.63. The van der Waals surface area contributed by atoms with E-state index in [9.17, 15) is 4.79 Å². The van der Waals surface area contributed by atoms with Crippen LogP contribution in [-0.4, -0.2) is 34.7 Å². The lowest BCUT2D eigenvalue weighted by molar-refractivity contribution is -0.162. The van der Waals surface area contributed by atoms with Gasteiger partial charge in [-0.1, -0.05) is 13.8 Å². The minimum absolute atomic E-state index is 0.224. The molecule has 0 spiro atoms. The van der Waals surface area contributed by atoms with E-state index in [-0.39, 0.29) is 5.91 Å². The number of imidazole rings is 1. The van der Waals surface area contributed by atoms with Gasteiger partial charge in [0.05, 0.1) is 19.1 Å². The molecule has 0 aliphatic rings. The molecule has 1 aromatic rings. The van der Waals surface area contributed by atoms with Gasteiger partial charge in [-0.15, -0.1) is 0 Å². The summed E-state index contributed by atoms with van der Waals surface area (Å²) in [4.78, 5) is 20.0. The topological polar surface area (TPSA) is 47.4 Å². The Morgan fingerprint density at radius 3 is 2.62 bits per heavy atom. The van der Waals surface area contributed by atoms with Crippen LogP contribution in [0, 0.1) is 0 Å². The van der Waals surface area contributed by atoms with Gasteiger partial charge in [-0.2, -0.15) is 0 Å². The van der Waals surface area contributed by atoms with E-state index < -0.39 is 0 Å². The first-order valence-corrected chi connectivity index (χ1v) is 5.11. The highest BCUT2D eigenvalue weighted by molar-refractivity contribution is 5.90.